The molecule has 1 heterocycles. The first-order valence-electron chi connectivity index (χ1n) is 5.70. The van der Waals surface area contributed by atoms with Gasteiger partial charge in [-0.15, -0.1) is 0 Å². The van der Waals surface area contributed by atoms with E-state index < -0.39 is 17.6 Å². The third kappa shape index (κ3) is 3.87. The number of pyridine rings is 1. The normalized spacial score (nSPS) is 11.5. The van der Waals surface area contributed by atoms with Crippen molar-refractivity contribution in [2.45, 2.75) is 12.7 Å². The lowest BCUT2D eigenvalue weighted by atomic mass is 10.2. The Morgan fingerprint density at radius 2 is 2.00 bits per heavy atom. The monoisotopic (exact) mass is 380 g/mol. The van der Waals surface area contributed by atoms with Gasteiger partial charge in [0.15, 0.2) is 0 Å². The molecule has 0 aliphatic heterocycles. The summed E-state index contributed by atoms with van der Waals surface area (Å²) in [6, 6.07) is 5.50. The first kappa shape index (κ1) is 16.1. The fourth-order valence-electron chi connectivity index (χ4n) is 1.57. The zero-order valence-electron chi connectivity index (χ0n) is 10.4. The van der Waals surface area contributed by atoms with Crippen molar-refractivity contribution < 1.29 is 17.9 Å². The quantitative estimate of drug-likeness (QED) is 0.833. The van der Waals surface area contributed by atoms with Crippen LogP contribution in [0.5, 0.6) is 11.6 Å². The molecule has 1 aromatic heterocycles. The van der Waals surface area contributed by atoms with E-state index in [1.807, 2.05) is 0 Å². The molecular formula is C13H9BrClF3N2O. The number of ether oxygens (including phenoxy) is 1. The smallest absolute Gasteiger partial charge is 0.421 e. The summed E-state index contributed by atoms with van der Waals surface area (Å²) in [6.45, 7) is 0.268. The average molecular weight is 382 g/mol. The number of nitrogens with zero attached hydrogens (tertiary/aromatic N) is 1. The van der Waals surface area contributed by atoms with Gasteiger partial charge in [-0.25, -0.2) is 4.98 Å². The van der Waals surface area contributed by atoms with E-state index in [2.05, 4.69) is 20.9 Å². The van der Waals surface area contributed by atoms with Crippen LogP contribution in [0, 0.1) is 0 Å². The molecule has 0 bridgehead atoms. The molecule has 0 spiro atoms. The van der Waals surface area contributed by atoms with Gasteiger partial charge in [0.2, 0.25) is 5.88 Å². The Hall–Kier alpha value is -1.31. The van der Waals surface area contributed by atoms with Crippen molar-refractivity contribution in [3.8, 4) is 11.6 Å². The van der Waals surface area contributed by atoms with Crippen LogP contribution in [-0.2, 0) is 12.7 Å². The highest BCUT2D eigenvalue weighted by Gasteiger charge is 2.36. The summed E-state index contributed by atoms with van der Waals surface area (Å²) in [5.74, 6) is -0.484. The Morgan fingerprint density at radius 1 is 1.29 bits per heavy atom. The van der Waals surface area contributed by atoms with Crippen LogP contribution in [-0.4, -0.2) is 4.98 Å². The Morgan fingerprint density at radius 3 is 2.57 bits per heavy atom. The number of hydrogen-bond acceptors (Lipinski definition) is 3. The maximum Gasteiger partial charge on any atom is 0.421 e. The molecule has 0 radical (unpaired) electrons. The van der Waals surface area contributed by atoms with Crippen molar-refractivity contribution in [1.29, 1.82) is 0 Å². The molecule has 0 saturated carbocycles. The van der Waals surface area contributed by atoms with E-state index >= 15 is 0 Å². The van der Waals surface area contributed by atoms with Gasteiger partial charge in [-0.3, -0.25) is 0 Å². The molecule has 0 unspecified atom stereocenters. The zero-order valence-corrected chi connectivity index (χ0v) is 12.8. The Labute approximate surface area is 132 Å². The van der Waals surface area contributed by atoms with Crippen LogP contribution in [0.3, 0.4) is 0 Å². The minimum absolute atomic E-state index is 0.0780. The molecule has 0 atom stereocenters. The van der Waals surface area contributed by atoms with Crippen LogP contribution in [0.25, 0.3) is 0 Å². The molecule has 0 amide bonds. The summed E-state index contributed by atoms with van der Waals surface area (Å²) < 4.78 is 44.3. The van der Waals surface area contributed by atoms with E-state index in [0.717, 1.165) is 11.6 Å². The molecule has 3 nitrogen and oxygen atoms in total. The van der Waals surface area contributed by atoms with Crippen molar-refractivity contribution >= 4 is 27.5 Å². The fourth-order valence-corrected chi connectivity index (χ4v) is 2.14. The van der Waals surface area contributed by atoms with E-state index in [0.29, 0.717) is 0 Å². The summed E-state index contributed by atoms with van der Waals surface area (Å²) in [7, 11) is 0. The Balaban J connectivity index is 2.40. The van der Waals surface area contributed by atoms with Crippen molar-refractivity contribution in [3.05, 3.63) is 51.1 Å². The first-order valence-corrected chi connectivity index (χ1v) is 6.87. The van der Waals surface area contributed by atoms with E-state index in [4.69, 9.17) is 22.1 Å². The molecule has 1 aromatic carbocycles. The van der Waals surface area contributed by atoms with E-state index in [1.54, 1.807) is 6.07 Å². The molecule has 0 fully saturated rings. The number of halogens is 5. The van der Waals surface area contributed by atoms with E-state index in [-0.39, 0.29) is 21.8 Å². The molecule has 8 heteroatoms. The van der Waals surface area contributed by atoms with Crippen molar-refractivity contribution in [2.24, 2.45) is 5.73 Å². The number of aromatic nitrogens is 1. The van der Waals surface area contributed by atoms with Gasteiger partial charge in [0.05, 0.1) is 5.02 Å². The van der Waals surface area contributed by atoms with Crippen LogP contribution in [0.4, 0.5) is 13.2 Å². The minimum atomic E-state index is -4.59. The zero-order chi connectivity index (χ0) is 15.6. The summed E-state index contributed by atoms with van der Waals surface area (Å²) in [5.41, 5.74) is 5.21. The van der Waals surface area contributed by atoms with Gasteiger partial charge in [-0.1, -0.05) is 17.7 Å². The maximum absolute atomic E-state index is 13.0. The van der Waals surface area contributed by atoms with Gasteiger partial charge >= 0.3 is 6.18 Å². The lowest BCUT2D eigenvalue weighted by molar-refractivity contribution is -0.138. The summed E-state index contributed by atoms with van der Waals surface area (Å²) in [5, 5.41) is 0.163. The Kier molecular flexibility index (Phi) is 4.75. The largest absolute Gasteiger partial charge is 0.437 e. The highest BCUT2D eigenvalue weighted by Crippen LogP contribution is 2.39. The predicted octanol–water partition coefficient (Wildman–Crippen LogP) is 4.77. The lowest BCUT2D eigenvalue weighted by Gasteiger charge is -2.14. The third-order valence-corrected chi connectivity index (χ3v) is 3.29. The van der Waals surface area contributed by atoms with Crippen LogP contribution >= 0.6 is 27.5 Å². The number of benzene rings is 1. The molecule has 2 rings (SSSR count). The van der Waals surface area contributed by atoms with Crippen LogP contribution in [0.2, 0.25) is 5.02 Å². The van der Waals surface area contributed by atoms with Gasteiger partial charge in [0.25, 0.3) is 0 Å². The number of rotatable bonds is 3. The van der Waals surface area contributed by atoms with Gasteiger partial charge in [0, 0.05) is 17.2 Å². The van der Waals surface area contributed by atoms with Crippen molar-refractivity contribution in [2.75, 3.05) is 0 Å². The van der Waals surface area contributed by atoms with Crippen LogP contribution in [0.15, 0.2) is 34.9 Å². The molecular weight excluding hydrogens is 373 g/mol. The second-order valence-electron chi connectivity index (χ2n) is 4.07. The SMILES string of the molecule is NCc1ccc(Oc2ncc(Br)cc2C(F)(F)F)c(Cl)c1. The molecule has 2 aromatic rings. The summed E-state index contributed by atoms with van der Waals surface area (Å²) in [4.78, 5) is 3.65. The van der Waals surface area contributed by atoms with Crippen molar-refractivity contribution in [3.63, 3.8) is 0 Å². The topological polar surface area (TPSA) is 48.1 Å². The lowest BCUT2D eigenvalue weighted by Crippen LogP contribution is -2.08. The van der Waals surface area contributed by atoms with Gasteiger partial charge in [-0.05, 0) is 39.7 Å². The third-order valence-electron chi connectivity index (χ3n) is 2.56. The standard InChI is InChI=1S/C13H9BrClF3N2O/c14-8-4-9(13(16,17)18)12(20-6-8)21-11-2-1-7(5-19)3-10(11)15/h1-4,6H,5,19H2. The van der Waals surface area contributed by atoms with E-state index in [1.165, 1.54) is 18.3 Å². The highest BCUT2D eigenvalue weighted by atomic mass is 79.9. The second kappa shape index (κ2) is 6.21. The molecule has 112 valence electrons. The van der Waals surface area contributed by atoms with Crippen LogP contribution < -0.4 is 10.5 Å². The predicted molar refractivity (Wildman–Crippen MR) is 76.4 cm³/mol. The summed E-state index contributed by atoms with van der Waals surface area (Å²) >= 11 is 8.91. The molecule has 0 aliphatic carbocycles. The molecule has 2 N–H and O–H groups in total. The molecule has 0 aliphatic rings. The van der Waals surface area contributed by atoms with Gasteiger partial charge in [-0.2, -0.15) is 13.2 Å². The average Bonchev–Trinajstić information content (AvgIpc) is 2.41. The van der Waals surface area contributed by atoms with Gasteiger partial charge < -0.3 is 10.5 Å². The Bertz CT molecular complexity index is 664. The van der Waals surface area contributed by atoms with Crippen LogP contribution in [0.1, 0.15) is 11.1 Å². The first-order chi connectivity index (χ1) is 9.81. The molecule has 0 saturated heterocycles. The van der Waals surface area contributed by atoms with Crippen molar-refractivity contribution in [1.82, 2.24) is 4.98 Å². The second-order valence-corrected chi connectivity index (χ2v) is 5.40. The number of nitrogens with two attached hydrogens (primary N) is 1. The maximum atomic E-state index is 13.0. The highest BCUT2D eigenvalue weighted by molar-refractivity contribution is 9.10. The number of hydrogen-bond donors (Lipinski definition) is 1. The minimum Gasteiger partial charge on any atom is -0.437 e. The summed E-state index contributed by atoms with van der Waals surface area (Å²) in [6.07, 6.45) is -3.37. The van der Waals surface area contributed by atoms with E-state index in [9.17, 15) is 13.2 Å². The number of alkyl halides is 3. The fraction of sp³-hybridized carbons (Fsp3) is 0.154. The molecule has 21 heavy (non-hydrogen) atoms. The van der Waals surface area contributed by atoms with Gasteiger partial charge in [0.1, 0.15) is 11.3 Å².